The van der Waals surface area contributed by atoms with Crippen molar-refractivity contribution in [2.24, 2.45) is 23.5 Å². The van der Waals surface area contributed by atoms with Crippen molar-refractivity contribution < 1.29 is 14.7 Å². The zero-order valence-corrected chi connectivity index (χ0v) is 12.5. The van der Waals surface area contributed by atoms with Crippen molar-refractivity contribution in [2.75, 3.05) is 26.2 Å². The smallest absolute Gasteiger partial charge is 0.317 e. The van der Waals surface area contributed by atoms with Gasteiger partial charge >= 0.3 is 12.0 Å². The molecule has 0 saturated carbocycles. The van der Waals surface area contributed by atoms with Gasteiger partial charge in [-0.15, -0.1) is 0 Å². The SMILES string of the molecule is CC(C)C[C@H](CNC(=O)N1CCC(CN)C1)CC(=O)O. The number of aliphatic carboxylic acids is 1. The molecule has 116 valence electrons. The second-order valence-corrected chi connectivity index (χ2v) is 6.12. The minimum Gasteiger partial charge on any atom is -0.481 e. The molecular formula is C14H27N3O3. The van der Waals surface area contributed by atoms with Crippen LogP contribution in [0.1, 0.15) is 33.1 Å². The standard InChI is InChI=1S/C14H27N3O3/c1-10(2)5-12(6-13(18)19)8-16-14(20)17-4-3-11(7-15)9-17/h10-12H,3-9,15H2,1-2H3,(H,16,20)(H,18,19)/t11?,12-/m0/s1. The summed E-state index contributed by atoms with van der Waals surface area (Å²) in [6, 6.07) is -0.0971. The van der Waals surface area contributed by atoms with Gasteiger partial charge in [-0.05, 0) is 37.1 Å². The molecule has 0 aromatic carbocycles. The van der Waals surface area contributed by atoms with Crippen LogP contribution >= 0.6 is 0 Å². The fourth-order valence-electron chi connectivity index (χ4n) is 2.71. The summed E-state index contributed by atoms with van der Waals surface area (Å²) in [6.07, 6.45) is 1.86. The van der Waals surface area contributed by atoms with E-state index in [1.165, 1.54) is 0 Å². The van der Waals surface area contributed by atoms with Gasteiger partial charge in [-0.3, -0.25) is 4.79 Å². The van der Waals surface area contributed by atoms with E-state index in [1.807, 2.05) is 0 Å². The number of nitrogens with two attached hydrogens (primary N) is 1. The van der Waals surface area contributed by atoms with Crippen LogP contribution in [-0.2, 0) is 4.79 Å². The fraction of sp³-hybridized carbons (Fsp3) is 0.857. The highest BCUT2D eigenvalue weighted by Crippen LogP contribution is 2.17. The number of carboxylic acid groups (broad SMARTS) is 1. The molecule has 0 radical (unpaired) electrons. The number of carbonyl (C=O) groups is 2. The van der Waals surface area contributed by atoms with Crippen LogP contribution in [0.3, 0.4) is 0 Å². The number of hydrogen-bond donors (Lipinski definition) is 3. The summed E-state index contributed by atoms with van der Waals surface area (Å²) in [5, 5.41) is 11.8. The molecule has 6 nitrogen and oxygen atoms in total. The topological polar surface area (TPSA) is 95.7 Å². The monoisotopic (exact) mass is 285 g/mol. The van der Waals surface area contributed by atoms with Gasteiger partial charge in [0, 0.05) is 26.1 Å². The number of rotatable bonds is 7. The molecule has 20 heavy (non-hydrogen) atoms. The number of nitrogens with one attached hydrogen (secondary N) is 1. The molecule has 2 atom stereocenters. The number of urea groups is 1. The lowest BCUT2D eigenvalue weighted by Crippen LogP contribution is -2.41. The molecule has 1 fully saturated rings. The van der Waals surface area contributed by atoms with Crippen LogP contribution in [0.25, 0.3) is 0 Å². The van der Waals surface area contributed by atoms with Crippen LogP contribution in [0.4, 0.5) is 4.79 Å². The number of amides is 2. The van der Waals surface area contributed by atoms with E-state index in [2.05, 4.69) is 19.2 Å². The summed E-state index contributed by atoms with van der Waals surface area (Å²) < 4.78 is 0. The predicted octanol–water partition coefficient (Wildman–Crippen LogP) is 1.11. The van der Waals surface area contributed by atoms with Gasteiger partial charge in [-0.25, -0.2) is 4.79 Å². The van der Waals surface area contributed by atoms with Gasteiger partial charge in [0.15, 0.2) is 0 Å². The number of hydrogen-bond acceptors (Lipinski definition) is 3. The Labute approximate surface area is 120 Å². The molecule has 1 saturated heterocycles. The van der Waals surface area contributed by atoms with Gasteiger partial charge in [0.05, 0.1) is 0 Å². The molecule has 0 bridgehead atoms. The average Bonchev–Trinajstić information content (AvgIpc) is 2.83. The summed E-state index contributed by atoms with van der Waals surface area (Å²) in [4.78, 5) is 24.6. The molecule has 0 spiro atoms. The first-order valence-electron chi connectivity index (χ1n) is 7.37. The molecule has 6 heteroatoms. The molecule has 1 rings (SSSR count). The highest BCUT2D eigenvalue weighted by atomic mass is 16.4. The van der Waals surface area contributed by atoms with Gasteiger partial charge in [-0.1, -0.05) is 13.8 Å². The van der Waals surface area contributed by atoms with Crippen LogP contribution in [0.15, 0.2) is 0 Å². The van der Waals surface area contributed by atoms with Crippen LogP contribution in [0.5, 0.6) is 0 Å². The highest BCUT2D eigenvalue weighted by molar-refractivity contribution is 5.74. The Kier molecular flexibility index (Phi) is 6.78. The Bertz CT molecular complexity index is 334. The third-order valence-corrected chi connectivity index (χ3v) is 3.72. The first kappa shape index (κ1) is 16.8. The molecule has 4 N–H and O–H groups in total. The second-order valence-electron chi connectivity index (χ2n) is 6.12. The first-order valence-corrected chi connectivity index (χ1v) is 7.37. The molecule has 1 aliphatic heterocycles. The van der Waals surface area contributed by atoms with Crippen molar-refractivity contribution in [3.8, 4) is 0 Å². The van der Waals surface area contributed by atoms with E-state index in [9.17, 15) is 9.59 Å². The minimum absolute atomic E-state index is 0.00985. The maximum absolute atomic E-state index is 12.0. The molecule has 0 aromatic rings. The molecule has 0 aliphatic carbocycles. The van der Waals surface area contributed by atoms with Crippen LogP contribution in [-0.4, -0.2) is 48.2 Å². The quantitative estimate of drug-likeness (QED) is 0.653. The maximum Gasteiger partial charge on any atom is 0.317 e. The summed E-state index contributed by atoms with van der Waals surface area (Å²) in [6.45, 7) is 6.59. The number of likely N-dealkylation sites (tertiary alicyclic amines) is 1. The first-order chi connectivity index (χ1) is 9.42. The predicted molar refractivity (Wildman–Crippen MR) is 77.3 cm³/mol. The van der Waals surface area contributed by atoms with E-state index >= 15 is 0 Å². The number of nitrogens with zero attached hydrogens (tertiary/aromatic N) is 1. The van der Waals surface area contributed by atoms with Crippen molar-refractivity contribution in [1.82, 2.24) is 10.2 Å². The Morgan fingerprint density at radius 2 is 2.15 bits per heavy atom. The van der Waals surface area contributed by atoms with Crippen LogP contribution < -0.4 is 11.1 Å². The number of carboxylic acids is 1. The highest BCUT2D eigenvalue weighted by Gasteiger charge is 2.25. The van der Waals surface area contributed by atoms with Gasteiger partial charge < -0.3 is 21.1 Å². The second kappa shape index (κ2) is 8.09. The number of carbonyl (C=O) groups excluding carboxylic acids is 1. The molecule has 1 heterocycles. The van der Waals surface area contributed by atoms with Crippen molar-refractivity contribution in [3.63, 3.8) is 0 Å². The third kappa shape index (κ3) is 5.77. The van der Waals surface area contributed by atoms with E-state index in [1.54, 1.807) is 4.90 Å². The average molecular weight is 285 g/mol. The third-order valence-electron chi connectivity index (χ3n) is 3.72. The maximum atomic E-state index is 12.0. The lowest BCUT2D eigenvalue weighted by Gasteiger charge is -2.21. The van der Waals surface area contributed by atoms with Crippen LogP contribution in [0.2, 0.25) is 0 Å². The molecular weight excluding hydrogens is 258 g/mol. The normalized spacial score (nSPS) is 20.2. The van der Waals surface area contributed by atoms with E-state index in [0.717, 1.165) is 19.4 Å². The van der Waals surface area contributed by atoms with E-state index in [4.69, 9.17) is 10.8 Å². The Hall–Kier alpha value is -1.30. The van der Waals surface area contributed by atoms with E-state index in [0.29, 0.717) is 31.5 Å². The lowest BCUT2D eigenvalue weighted by atomic mass is 9.94. The summed E-state index contributed by atoms with van der Waals surface area (Å²) in [7, 11) is 0. The largest absolute Gasteiger partial charge is 0.481 e. The van der Waals surface area contributed by atoms with Crippen LogP contribution in [0, 0.1) is 17.8 Å². The Morgan fingerprint density at radius 1 is 1.45 bits per heavy atom. The molecule has 0 aromatic heterocycles. The van der Waals surface area contributed by atoms with Gasteiger partial charge in [0.25, 0.3) is 0 Å². The molecule has 2 amide bonds. The lowest BCUT2D eigenvalue weighted by molar-refractivity contribution is -0.138. The van der Waals surface area contributed by atoms with Crippen molar-refractivity contribution in [1.29, 1.82) is 0 Å². The fourth-order valence-corrected chi connectivity index (χ4v) is 2.71. The van der Waals surface area contributed by atoms with Gasteiger partial charge in [0.1, 0.15) is 0 Å². The Morgan fingerprint density at radius 3 is 2.65 bits per heavy atom. The van der Waals surface area contributed by atoms with Gasteiger partial charge in [-0.2, -0.15) is 0 Å². The van der Waals surface area contributed by atoms with E-state index in [-0.39, 0.29) is 18.4 Å². The zero-order valence-electron chi connectivity index (χ0n) is 12.5. The molecule has 1 aliphatic rings. The van der Waals surface area contributed by atoms with Gasteiger partial charge in [0.2, 0.25) is 0 Å². The Balaban J connectivity index is 2.38. The van der Waals surface area contributed by atoms with E-state index < -0.39 is 5.97 Å². The summed E-state index contributed by atoms with van der Waals surface area (Å²) in [5.74, 6) is -0.00508. The zero-order chi connectivity index (χ0) is 15.1. The van der Waals surface area contributed by atoms with Crippen molar-refractivity contribution in [3.05, 3.63) is 0 Å². The summed E-state index contributed by atoms with van der Waals surface area (Å²) >= 11 is 0. The van der Waals surface area contributed by atoms with Crippen molar-refractivity contribution >= 4 is 12.0 Å². The minimum atomic E-state index is -0.811. The molecule has 1 unspecified atom stereocenters. The van der Waals surface area contributed by atoms with Crippen molar-refractivity contribution in [2.45, 2.75) is 33.1 Å². The summed E-state index contributed by atoms with van der Waals surface area (Å²) in [5.41, 5.74) is 5.60.